The molecule has 50 heavy (non-hydrogen) atoms. The first-order valence-electron chi connectivity index (χ1n) is 16.7. The average Bonchev–Trinajstić information content (AvgIpc) is 3.77. The lowest BCUT2D eigenvalue weighted by atomic mass is 9.90. The van der Waals surface area contributed by atoms with E-state index >= 15 is 0 Å². The number of benzene rings is 7. The van der Waals surface area contributed by atoms with Crippen LogP contribution in [0.4, 0.5) is 0 Å². The number of aromatic nitrogens is 2. The molecule has 4 heteroatoms. The second-order valence-electron chi connectivity index (χ2n) is 12.5. The molecule has 0 fully saturated rings. The quantitative estimate of drug-likeness (QED) is 0.188. The van der Waals surface area contributed by atoms with E-state index in [0.717, 1.165) is 94.2 Å². The Hall–Kier alpha value is -6.78. The van der Waals surface area contributed by atoms with Gasteiger partial charge in [0.05, 0.1) is 11.4 Å². The molecule has 3 heterocycles. The van der Waals surface area contributed by atoms with Crippen LogP contribution in [0.1, 0.15) is 0 Å². The second kappa shape index (κ2) is 11.4. The van der Waals surface area contributed by atoms with Gasteiger partial charge in [-0.2, -0.15) is 0 Å². The van der Waals surface area contributed by atoms with Crippen molar-refractivity contribution in [2.45, 2.75) is 0 Å². The Kier molecular flexibility index (Phi) is 6.46. The predicted molar refractivity (Wildman–Crippen MR) is 204 cm³/mol. The molecule has 0 saturated heterocycles. The lowest BCUT2D eigenvalue weighted by Gasteiger charge is -2.15. The zero-order chi connectivity index (χ0) is 33.0. The first-order valence-corrected chi connectivity index (χ1v) is 16.7. The van der Waals surface area contributed by atoms with Gasteiger partial charge in [-0.25, -0.2) is 9.97 Å². The monoisotopic (exact) mass is 640 g/mol. The van der Waals surface area contributed by atoms with Crippen molar-refractivity contribution < 1.29 is 8.83 Å². The standard InChI is InChI=1S/C46H28N2O2/c1-3-13-29(14-4-1)40-28-41(48-46(47-40)30-15-5-2-6-16-30)31-25-26-32(35-19-11-20-36-33-17-7-9-23-42(33)49-44(35)36)39(27-31)38-22-12-21-37-34-18-8-10-24-43(34)50-45(37)38/h1-28H. The molecule has 4 nitrogen and oxygen atoms in total. The van der Waals surface area contributed by atoms with Gasteiger partial charge in [-0.1, -0.05) is 146 Å². The molecular weight excluding hydrogens is 613 g/mol. The lowest BCUT2D eigenvalue weighted by Crippen LogP contribution is -1.96. The molecule has 234 valence electrons. The van der Waals surface area contributed by atoms with Gasteiger partial charge in [0.2, 0.25) is 0 Å². The van der Waals surface area contributed by atoms with Crippen LogP contribution in [0.15, 0.2) is 179 Å². The van der Waals surface area contributed by atoms with Crippen molar-refractivity contribution in [2.24, 2.45) is 0 Å². The molecule has 10 aromatic rings. The van der Waals surface area contributed by atoms with Gasteiger partial charge < -0.3 is 8.83 Å². The number of fused-ring (bicyclic) bond motifs is 6. The predicted octanol–water partition coefficient (Wildman–Crippen LogP) is 12.6. The van der Waals surface area contributed by atoms with Crippen molar-refractivity contribution in [1.29, 1.82) is 0 Å². The summed E-state index contributed by atoms with van der Waals surface area (Å²) in [7, 11) is 0. The van der Waals surface area contributed by atoms with Crippen LogP contribution in [-0.4, -0.2) is 9.97 Å². The number of hydrogen-bond acceptors (Lipinski definition) is 4. The third-order valence-electron chi connectivity index (χ3n) is 9.53. The van der Waals surface area contributed by atoms with Crippen molar-refractivity contribution in [3.05, 3.63) is 170 Å². The number of furan rings is 2. The summed E-state index contributed by atoms with van der Waals surface area (Å²) >= 11 is 0. The Morgan fingerprint density at radius 1 is 0.320 bits per heavy atom. The summed E-state index contributed by atoms with van der Waals surface area (Å²) in [5.41, 5.74) is 12.2. The van der Waals surface area contributed by atoms with Gasteiger partial charge in [-0.15, -0.1) is 0 Å². The fraction of sp³-hybridized carbons (Fsp3) is 0. The van der Waals surface area contributed by atoms with Crippen LogP contribution < -0.4 is 0 Å². The molecule has 0 saturated carbocycles. The second-order valence-corrected chi connectivity index (χ2v) is 12.5. The first kappa shape index (κ1) is 28.3. The Morgan fingerprint density at radius 2 is 0.820 bits per heavy atom. The molecule has 0 aliphatic rings. The van der Waals surface area contributed by atoms with E-state index in [4.69, 9.17) is 18.8 Å². The molecule has 0 bridgehead atoms. The number of para-hydroxylation sites is 4. The minimum atomic E-state index is 0.680. The third kappa shape index (κ3) is 4.61. The third-order valence-corrected chi connectivity index (χ3v) is 9.53. The zero-order valence-corrected chi connectivity index (χ0v) is 26.9. The summed E-state index contributed by atoms with van der Waals surface area (Å²) in [4.78, 5) is 10.2. The van der Waals surface area contributed by atoms with Crippen molar-refractivity contribution >= 4 is 43.9 Å². The highest BCUT2D eigenvalue weighted by Gasteiger charge is 2.20. The Bertz CT molecular complexity index is 2810. The first-order chi connectivity index (χ1) is 24.8. The minimum absolute atomic E-state index is 0.680. The number of hydrogen-bond donors (Lipinski definition) is 0. The van der Waals surface area contributed by atoms with Crippen LogP contribution in [0.5, 0.6) is 0 Å². The van der Waals surface area contributed by atoms with E-state index in [0.29, 0.717) is 5.82 Å². The van der Waals surface area contributed by atoms with Gasteiger partial charge in [-0.05, 0) is 35.4 Å². The maximum Gasteiger partial charge on any atom is 0.160 e. The summed E-state index contributed by atoms with van der Waals surface area (Å²) in [6, 6.07) is 58.4. The Labute approximate surface area is 287 Å². The molecule has 3 aromatic heterocycles. The van der Waals surface area contributed by atoms with Crippen molar-refractivity contribution in [2.75, 3.05) is 0 Å². The molecule has 0 spiro atoms. The lowest BCUT2D eigenvalue weighted by molar-refractivity contribution is 0.669. The van der Waals surface area contributed by atoms with Crippen LogP contribution in [-0.2, 0) is 0 Å². The highest BCUT2D eigenvalue weighted by molar-refractivity contribution is 6.13. The highest BCUT2D eigenvalue weighted by atomic mass is 16.3. The summed E-state index contributed by atoms with van der Waals surface area (Å²) in [5.74, 6) is 0.680. The zero-order valence-electron chi connectivity index (χ0n) is 26.9. The highest BCUT2D eigenvalue weighted by Crippen LogP contribution is 2.44. The maximum absolute atomic E-state index is 6.61. The van der Waals surface area contributed by atoms with E-state index in [1.807, 2.05) is 60.7 Å². The fourth-order valence-electron chi connectivity index (χ4n) is 7.15. The van der Waals surface area contributed by atoms with Crippen LogP contribution in [0.3, 0.4) is 0 Å². The van der Waals surface area contributed by atoms with E-state index in [2.05, 4.69) is 109 Å². The summed E-state index contributed by atoms with van der Waals surface area (Å²) in [5, 5.41) is 4.36. The Morgan fingerprint density at radius 3 is 1.44 bits per heavy atom. The van der Waals surface area contributed by atoms with E-state index in [1.54, 1.807) is 0 Å². The summed E-state index contributed by atoms with van der Waals surface area (Å²) < 4.78 is 13.2. The van der Waals surface area contributed by atoms with Gasteiger partial charge >= 0.3 is 0 Å². The van der Waals surface area contributed by atoms with E-state index in [1.165, 1.54) is 0 Å². The molecule has 10 rings (SSSR count). The van der Waals surface area contributed by atoms with Gasteiger partial charge in [0.25, 0.3) is 0 Å². The Balaban J connectivity index is 1.25. The van der Waals surface area contributed by atoms with E-state index in [9.17, 15) is 0 Å². The number of rotatable bonds is 5. The van der Waals surface area contributed by atoms with E-state index < -0.39 is 0 Å². The summed E-state index contributed by atoms with van der Waals surface area (Å²) in [6.45, 7) is 0. The molecule has 0 atom stereocenters. The van der Waals surface area contributed by atoms with E-state index in [-0.39, 0.29) is 0 Å². The van der Waals surface area contributed by atoms with Gasteiger partial charge in [-0.3, -0.25) is 0 Å². The number of nitrogens with zero attached hydrogens (tertiary/aromatic N) is 2. The minimum Gasteiger partial charge on any atom is -0.455 e. The molecule has 0 amide bonds. The topological polar surface area (TPSA) is 52.1 Å². The fourth-order valence-corrected chi connectivity index (χ4v) is 7.15. The van der Waals surface area contributed by atoms with Crippen molar-refractivity contribution in [3.63, 3.8) is 0 Å². The maximum atomic E-state index is 6.61. The molecule has 0 radical (unpaired) electrons. The van der Waals surface area contributed by atoms with Crippen LogP contribution >= 0.6 is 0 Å². The van der Waals surface area contributed by atoms with Crippen LogP contribution in [0.25, 0.3) is 100 Å². The van der Waals surface area contributed by atoms with Crippen LogP contribution in [0.2, 0.25) is 0 Å². The van der Waals surface area contributed by atoms with Gasteiger partial charge in [0.1, 0.15) is 22.3 Å². The SMILES string of the molecule is c1ccc(-c2cc(-c3ccc(-c4cccc5c4oc4ccccc45)c(-c4cccc5c4oc4ccccc45)c3)nc(-c3ccccc3)n2)cc1. The normalized spacial score (nSPS) is 11.6. The molecule has 0 aliphatic carbocycles. The molecule has 0 unspecified atom stereocenters. The molecule has 7 aromatic carbocycles. The van der Waals surface area contributed by atoms with Crippen molar-refractivity contribution in [3.8, 4) is 56.2 Å². The smallest absolute Gasteiger partial charge is 0.160 e. The largest absolute Gasteiger partial charge is 0.455 e. The van der Waals surface area contributed by atoms with Crippen molar-refractivity contribution in [1.82, 2.24) is 9.97 Å². The van der Waals surface area contributed by atoms with Gasteiger partial charge in [0, 0.05) is 49.4 Å². The molecule has 0 N–H and O–H groups in total. The van der Waals surface area contributed by atoms with Crippen LogP contribution in [0, 0.1) is 0 Å². The molecule has 0 aliphatic heterocycles. The summed E-state index contributed by atoms with van der Waals surface area (Å²) in [6.07, 6.45) is 0. The average molecular weight is 641 g/mol. The van der Waals surface area contributed by atoms with Gasteiger partial charge in [0.15, 0.2) is 5.82 Å². The molecular formula is C46H28N2O2.